The van der Waals surface area contributed by atoms with E-state index in [4.69, 9.17) is 0 Å². The topological polar surface area (TPSA) is 9.23 Å². The molecule has 0 heterocycles. The summed E-state index contributed by atoms with van der Waals surface area (Å²) >= 11 is 2.28. The molecule has 1 nitrogen and oxygen atoms in total. The summed E-state index contributed by atoms with van der Waals surface area (Å²) in [6.07, 6.45) is -10.1. The van der Waals surface area contributed by atoms with Crippen LogP contribution in [0.5, 0.6) is 5.75 Å². The molecule has 1 rings (SSSR count). The van der Waals surface area contributed by atoms with Gasteiger partial charge in [-0.3, -0.25) is 0 Å². The van der Waals surface area contributed by atoms with Gasteiger partial charge in [-0.1, -0.05) is 0 Å². The highest BCUT2D eigenvalue weighted by Crippen LogP contribution is 2.39. The molecule has 0 unspecified atom stereocenters. The molecule has 0 radical (unpaired) electrons. The predicted octanol–water partition coefficient (Wildman–Crippen LogP) is 4.51. The van der Waals surface area contributed by atoms with Crippen LogP contribution < -0.4 is 4.74 Å². The molecule has 0 N–H and O–H groups in total. The number of halogens is 8. The first-order valence-electron chi connectivity index (χ1n) is 3.83. The van der Waals surface area contributed by atoms with Crippen LogP contribution in [0.3, 0.4) is 0 Å². The van der Waals surface area contributed by atoms with E-state index in [1.165, 1.54) is 0 Å². The molecule has 0 aliphatic carbocycles. The smallest absolute Gasteiger partial charge is 0.404 e. The maximum atomic E-state index is 13.1. The Morgan fingerprint density at radius 1 is 1.00 bits per heavy atom. The summed E-state index contributed by atoms with van der Waals surface area (Å²) in [6, 6.07) is 0.546. The lowest BCUT2D eigenvalue weighted by Crippen LogP contribution is -2.18. The molecular weight excluding hydrogens is 325 g/mol. The number of alkyl halides is 6. The zero-order valence-electron chi connectivity index (χ0n) is 7.59. The zero-order chi connectivity index (χ0) is 13.4. The van der Waals surface area contributed by atoms with E-state index in [0.29, 0.717) is 6.07 Å². The average molecular weight is 327 g/mol. The van der Waals surface area contributed by atoms with E-state index in [9.17, 15) is 30.7 Å². The number of hydrogen-bond acceptors (Lipinski definition) is 1. The fourth-order valence-electron chi connectivity index (χ4n) is 0.954. The minimum Gasteiger partial charge on any atom is -0.404 e. The first kappa shape index (κ1) is 14.1. The van der Waals surface area contributed by atoms with Gasteiger partial charge in [0.25, 0.3) is 0 Å². The Kier molecular flexibility index (Phi) is 3.60. The van der Waals surface area contributed by atoms with Gasteiger partial charge in [-0.05, 0) is 28.1 Å². The molecule has 0 atom stereocenters. The Morgan fingerprint density at radius 2 is 1.53 bits per heavy atom. The summed E-state index contributed by atoms with van der Waals surface area (Å²) in [5, 5.41) is 0. The van der Waals surface area contributed by atoms with Crippen molar-refractivity contribution in [3.63, 3.8) is 0 Å². The third-order valence-electron chi connectivity index (χ3n) is 1.58. The van der Waals surface area contributed by atoms with Crippen molar-refractivity contribution in [2.24, 2.45) is 0 Å². The van der Waals surface area contributed by atoms with Crippen LogP contribution in [0.25, 0.3) is 0 Å². The van der Waals surface area contributed by atoms with Gasteiger partial charge in [0, 0.05) is 0 Å². The van der Waals surface area contributed by atoms with E-state index < -0.39 is 34.1 Å². The van der Waals surface area contributed by atoms with E-state index in [1.54, 1.807) is 0 Å². The molecule has 0 saturated heterocycles. The highest BCUT2D eigenvalue weighted by atomic mass is 79.9. The van der Waals surface area contributed by atoms with Crippen LogP contribution in [0.2, 0.25) is 0 Å². The third-order valence-corrected chi connectivity index (χ3v) is 2.32. The number of benzene rings is 1. The van der Waals surface area contributed by atoms with Crippen molar-refractivity contribution in [3.05, 3.63) is 28.0 Å². The Balaban J connectivity index is 3.21. The van der Waals surface area contributed by atoms with E-state index in [1.807, 2.05) is 0 Å². The number of rotatable bonds is 1. The second-order valence-corrected chi connectivity index (χ2v) is 3.58. The first-order chi connectivity index (χ1) is 7.52. The van der Waals surface area contributed by atoms with Gasteiger partial charge in [0.05, 0.1) is 10.0 Å². The van der Waals surface area contributed by atoms with Gasteiger partial charge in [-0.2, -0.15) is 13.2 Å². The predicted molar refractivity (Wildman–Crippen MR) is 45.8 cm³/mol. The average Bonchev–Trinajstić information content (AvgIpc) is 2.08. The number of hydrogen-bond donors (Lipinski definition) is 0. The molecular formula is C8H2BrF7O. The van der Waals surface area contributed by atoms with Gasteiger partial charge in [0.1, 0.15) is 5.75 Å². The minimum atomic E-state index is -5.12. The molecule has 1 aromatic carbocycles. The Bertz CT molecular complexity index is 423. The van der Waals surface area contributed by atoms with E-state index in [-0.39, 0.29) is 6.07 Å². The van der Waals surface area contributed by atoms with Crippen LogP contribution in [0.1, 0.15) is 5.56 Å². The van der Waals surface area contributed by atoms with E-state index >= 15 is 0 Å². The van der Waals surface area contributed by atoms with Crippen LogP contribution >= 0.6 is 15.9 Å². The molecule has 0 amide bonds. The summed E-state index contributed by atoms with van der Waals surface area (Å²) in [4.78, 5) is 0. The van der Waals surface area contributed by atoms with Gasteiger partial charge in [0.2, 0.25) is 0 Å². The molecule has 0 aliphatic heterocycles. The van der Waals surface area contributed by atoms with Gasteiger partial charge >= 0.3 is 12.5 Å². The van der Waals surface area contributed by atoms with Crippen molar-refractivity contribution >= 4 is 15.9 Å². The van der Waals surface area contributed by atoms with Crippen molar-refractivity contribution in [3.8, 4) is 5.75 Å². The SMILES string of the molecule is Fc1c(C(F)(F)F)ccc(OC(F)(F)F)c1Br. The first-order valence-corrected chi connectivity index (χ1v) is 4.62. The van der Waals surface area contributed by atoms with Crippen LogP contribution in [-0.2, 0) is 6.18 Å². The summed E-state index contributed by atoms with van der Waals surface area (Å²) in [5.41, 5.74) is -1.68. The fraction of sp³-hybridized carbons (Fsp3) is 0.250. The van der Waals surface area contributed by atoms with Crippen molar-refractivity contribution in [2.75, 3.05) is 0 Å². The molecule has 1 aromatic rings. The lowest BCUT2D eigenvalue weighted by Gasteiger charge is -2.14. The van der Waals surface area contributed by atoms with Gasteiger partial charge in [-0.25, -0.2) is 4.39 Å². The Labute approximate surface area is 98.3 Å². The fourth-order valence-corrected chi connectivity index (χ4v) is 1.38. The van der Waals surface area contributed by atoms with E-state index in [2.05, 4.69) is 20.7 Å². The summed E-state index contributed by atoms with van der Waals surface area (Å²) in [6.45, 7) is 0. The molecule has 0 saturated carbocycles. The maximum Gasteiger partial charge on any atom is 0.573 e. The van der Waals surface area contributed by atoms with E-state index in [0.717, 1.165) is 0 Å². The number of ether oxygens (including phenoxy) is 1. The van der Waals surface area contributed by atoms with Gasteiger partial charge in [-0.15, -0.1) is 13.2 Å². The van der Waals surface area contributed by atoms with Crippen LogP contribution in [0.15, 0.2) is 16.6 Å². The molecule has 0 aliphatic rings. The quantitative estimate of drug-likeness (QED) is 0.690. The maximum absolute atomic E-state index is 13.1. The summed E-state index contributed by atoms with van der Waals surface area (Å²) in [7, 11) is 0. The lowest BCUT2D eigenvalue weighted by molar-refractivity contribution is -0.275. The summed E-state index contributed by atoms with van der Waals surface area (Å²) in [5.74, 6) is -2.94. The second kappa shape index (κ2) is 4.35. The molecule has 0 bridgehead atoms. The van der Waals surface area contributed by atoms with Gasteiger partial charge < -0.3 is 4.74 Å². The highest BCUT2D eigenvalue weighted by Gasteiger charge is 2.37. The molecule has 96 valence electrons. The third kappa shape index (κ3) is 3.48. The molecule has 9 heteroatoms. The molecule has 0 fully saturated rings. The Morgan fingerprint density at radius 3 is 1.94 bits per heavy atom. The minimum absolute atomic E-state index is 0.168. The molecule has 0 spiro atoms. The molecule has 0 aromatic heterocycles. The lowest BCUT2D eigenvalue weighted by atomic mass is 10.2. The zero-order valence-corrected chi connectivity index (χ0v) is 9.17. The second-order valence-electron chi connectivity index (χ2n) is 2.78. The largest absolute Gasteiger partial charge is 0.573 e. The van der Waals surface area contributed by atoms with Crippen LogP contribution in [0.4, 0.5) is 30.7 Å². The van der Waals surface area contributed by atoms with Crippen LogP contribution in [-0.4, -0.2) is 6.36 Å². The van der Waals surface area contributed by atoms with Crippen molar-refractivity contribution in [1.29, 1.82) is 0 Å². The van der Waals surface area contributed by atoms with Crippen molar-refractivity contribution < 1.29 is 35.5 Å². The Hall–Kier alpha value is -0.990. The summed E-state index contributed by atoms with van der Waals surface area (Å²) < 4.78 is 87.3. The van der Waals surface area contributed by atoms with Gasteiger partial charge in [0.15, 0.2) is 5.82 Å². The monoisotopic (exact) mass is 326 g/mol. The van der Waals surface area contributed by atoms with Crippen molar-refractivity contribution in [1.82, 2.24) is 0 Å². The highest BCUT2D eigenvalue weighted by molar-refractivity contribution is 9.10. The van der Waals surface area contributed by atoms with Crippen LogP contribution in [0, 0.1) is 5.82 Å². The standard InChI is InChI=1S/C8H2BrF7O/c9-5-4(17-8(14,15)16)2-1-3(6(5)10)7(11,12)13/h1-2H. The normalized spacial score (nSPS) is 12.7. The van der Waals surface area contributed by atoms with Crippen molar-refractivity contribution in [2.45, 2.75) is 12.5 Å². The molecule has 17 heavy (non-hydrogen) atoms.